The Bertz CT molecular complexity index is 78.7. The highest BCUT2D eigenvalue weighted by Gasteiger charge is 2.12. The van der Waals surface area contributed by atoms with Crippen molar-refractivity contribution in [1.29, 1.82) is 0 Å². The molecule has 0 aromatic heterocycles. The van der Waals surface area contributed by atoms with Gasteiger partial charge in [0.25, 0.3) is 0 Å². The van der Waals surface area contributed by atoms with Crippen LogP contribution in [0.4, 0.5) is 0 Å². The number of hydrogen-bond acceptors (Lipinski definition) is 1. The lowest BCUT2D eigenvalue weighted by molar-refractivity contribution is 0.315. The first-order valence-electron chi connectivity index (χ1n) is 4.51. The van der Waals surface area contributed by atoms with Crippen molar-refractivity contribution in [2.45, 2.75) is 33.1 Å². The van der Waals surface area contributed by atoms with Gasteiger partial charge in [0.05, 0.1) is 0 Å². The molecule has 1 heterocycles. The highest BCUT2D eigenvalue weighted by Crippen LogP contribution is 2.18. The lowest BCUT2D eigenvalue weighted by Gasteiger charge is -2.23. The van der Waals surface area contributed by atoms with Crippen LogP contribution in [0.3, 0.4) is 0 Å². The van der Waals surface area contributed by atoms with E-state index in [1.807, 2.05) is 0 Å². The van der Waals surface area contributed by atoms with Crippen molar-refractivity contribution in [2.75, 3.05) is 13.1 Å². The van der Waals surface area contributed by atoms with Gasteiger partial charge in [0.1, 0.15) is 0 Å². The Morgan fingerprint density at radius 2 is 1.90 bits per heavy atom. The van der Waals surface area contributed by atoms with E-state index in [1.54, 1.807) is 0 Å². The summed E-state index contributed by atoms with van der Waals surface area (Å²) in [5.74, 6) is 1.80. The maximum atomic E-state index is 3.47. The van der Waals surface area contributed by atoms with Crippen LogP contribution >= 0.6 is 0 Å². The molecule has 0 amide bonds. The van der Waals surface area contributed by atoms with Gasteiger partial charge in [-0.15, -0.1) is 0 Å². The molecule has 1 nitrogen and oxygen atoms in total. The van der Waals surface area contributed by atoms with Crippen molar-refractivity contribution in [3.63, 3.8) is 0 Å². The van der Waals surface area contributed by atoms with Crippen molar-refractivity contribution < 1.29 is 0 Å². The van der Waals surface area contributed by atoms with Crippen LogP contribution in [0.2, 0.25) is 0 Å². The lowest BCUT2D eigenvalue weighted by Crippen LogP contribution is -2.28. The molecule has 0 radical (unpaired) electrons. The van der Waals surface area contributed by atoms with E-state index in [0.717, 1.165) is 11.8 Å². The molecule has 0 bridgehead atoms. The van der Waals surface area contributed by atoms with Crippen LogP contribution in [0.5, 0.6) is 0 Å². The zero-order valence-corrected chi connectivity index (χ0v) is 7.19. The molecule has 1 saturated heterocycles. The number of rotatable bonds is 0. The van der Waals surface area contributed by atoms with Gasteiger partial charge in [-0.3, -0.25) is 0 Å². The normalized spacial score (nSPS) is 36.6. The molecule has 0 spiro atoms. The third-order valence-corrected chi connectivity index (χ3v) is 2.70. The highest BCUT2D eigenvalue weighted by molar-refractivity contribution is 4.67. The summed E-state index contributed by atoms with van der Waals surface area (Å²) >= 11 is 0. The van der Waals surface area contributed by atoms with E-state index in [4.69, 9.17) is 0 Å². The quantitative estimate of drug-likeness (QED) is 0.544. The minimum Gasteiger partial charge on any atom is -0.316 e. The summed E-state index contributed by atoms with van der Waals surface area (Å²) in [6.45, 7) is 7.18. The van der Waals surface area contributed by atoms with Crippen molar-refractivity contribution in [3.05, 3.63) is 0 Å². The van der Waals surface area contributed by atoms with Crippen molar-refractivity contribution in [1.82, 2.24) is 5.32 Å². The first-order chi connectivity index (χ1) is 4.80. The largest absolute Gasteiger partial charge is 0.316 e. The third-order valence-electron chi connectivity index (χ3n) is 2.70. The molecule has 1 fully saturated rings. The van der Waals surface area contributed by atoms with Crippen LogP contribution in [0.1, 0.15) is 33.1 Å². The molecule has 1 rings (SSSR count). The lowest BCUT2D eigenvalue weighted by atomic mass is 9.90. The van der Waals surface area contributed by atoms with Crippen LogP contribution in [0.15, 0.2) is 0 Å². The summed E-state index contributed by atoms with van der Waals surface area (Å²) in [7, 11) is 0. The molecule has 60 valence electrons. The Kier molecular flexibility index (Phi) is 3.20. The minimum atomic E-state index is 0.875. The van der Waals surface area contributed by atoms with Gasteiger partial charge in [-0.1, -0.05) is 26.7 Å². The average Bonchev–Trinajstić information content (AvgIpc) is 1.92. The summed E-state index contributed by atoms with van der Waals surface area (Å²) < 4.78 is 0. The third kappa shape index (κ3) is 2.30. The van der Waals surface area contributed by atoms with Gasteiger partial charge in [-0.2, -0.15) is 0 Å². The molecule has 10 heavy (non-hydrogen) atoms. The molecule has 1 aliphatic rings. The van der Waals surface area contributed by atoms with E-state index in [1.165, 1.54) is 32.4 Å². The van der Waals surface area contributed by atoms with Crippen LogP contribution in [0, 0.1) is 11.8 Å². The number of hydrogen-bond donors (Lipinski definition) is 1. The minimum absolute atomic E-state index is 0.875. The SMILES string of the molecule is CC1CCCCNCC1C. The predicted molar refractivity (Wildman–Crippen MR) is 45.0 cm³/mol. The Balaban J connectivity index is 2.28. The molecule has 2 unspecified atom stereocenters. The van der Waals surface area contributed by atoms with Crippen LogP contribution in [-0.4, -0.2) is 13.1 Å². The molecule has 0 aromatic carbocycles. The first kappa shape index (κ1) is 8.06. The standard InChI is InChI=1S/C9H19N/c1-8-5-3-4-6-10-7-9(8)2/h8-10H,3-7H2,1-2H3. The summed E-state index contributed by atoms with van der Waals surface area (Å²) in [5, 5.41) is 3.47. The van der Waals surface area contributed by atoms with Gasteiger partial charge in [0, 0.05) is 0 Å². The van der Waals surface area contributed by atoms with Gasteiger partial charge in [0.15, 0.2) is 0 Å². The maximum absolute atomic E-state index is 3.47. The molecule has 2 atom stereocenters. The second-order valence-corrected chi connectivity index (χ2v) is 3.65. The predicted octanol–water partition coefficient (Wildman–Crippen LogP) is 2.03. The Morgan fingerprint density at radius 1 is 1.10 bits per heavy atom. The van der Waals surface area contributed by atoms with E-state index >= 15 is 0 Å². The maximum Gasteiger partial charge on any atom is -0.00206 e. The smallest absolute Gasteiger partial charge is 0.00206 e. The molecule has 0 aliphatic carbocycles. The van der Waals surface area contributed by atoms with Crippen molar-refractivity contribution >= 4 is 0 Å². The van der Waals surface area contributed by atoms with Crippen LogP contribution < -0.4 is 5.32 Å². The van der Waals surface area contributed by atoms with Crippen molar-refractivity contribution in [2.24, 2.45) is 11.8 Å². The second-order valence-electron chi connectivity index (χ2n) is 3.65. The van der Waals surface area contributed by atoms with E-state index in [9.17, 15) is 0 Å². The second kappa shape index (κ2) is 3.97. The molecule has 1 aliphatic heterocycles. The van der Waals surface area contributed by atoms with E-state index in [-0.39, 0.29) is 0 Å². The van der Waals surface area contributed by atoms with Gasteiger partial charge < -0.3 is 5.32 Å². The Labute approximate surface area is 64.2 Å². The van der Waals surface area contributed by atoms with Crippen LogP contribution in [-0.2, 0) is 0 Å². The Morgan fingerprint density at radius 3 is 2.70 bits per heavy atom. The summed E-state index contributed by atoms with van der Waals surface area (Å²) in [6.07, 6.45) is 4.22. The van der Waals surface area contributed by atoms with Gasteiger partial charge in [0.2, 0.25) is 0 Å². The highest BCUT2D eigenvalue weighted by atomic mass is 14.9. The topological polar surface area (TPSA) is 12.0 Å². The van der Waals surface area contributed by atoms with E-state index < -0.39 is 0 Å². The number of nitrogens with one attached hydrogen (secondary N) is 1. The monoisotopic (exact) mass is 141 g/mol. The fraction of sp³-hybridized carbons (Fsp3) is 1.00. The zero-order valence-electron chi connectivity index (χ0n) is 7.19. The van der Waals surface area contributed by atoms with Crippen LogP contribution in [0.25, 0.3) is 0 Å². The van der Waals surface area contributed by atoms with Crippen molar-refractivity contribution in [3.8, 4) is 0 Å². The molecule has 0 aromatic rings. The zero-order chi connectivity index (χ0) is 7.40. The molecule has 1 N–H and O–H groups in total. The fourth-order valence-electron chi connectivity index (χ4n) is 1.53. The van der Waals surface area contributed by atoms with Gasteiger partial charge in [-0.05, 0) is 31.3 Å². The first-order valence-corrected chi connectivity index (χ1v) is 4.51. The summed E-state index contributed by atoms with van der Waals surface area (Å²) in [5.41, 5.74) is 0. The molecule has 0 saturated carbocycles. The summed E-state index contributed by atoms with van der Waals surface area (Å²) in [4.78, 5) is 0. The molecular weight excluding hydrogens is 122 g/mol. The van der Waals surface area contributed by atoms with Gasteiger partial charge in [-0.25, -0.2) is 0 Å². The van der Waals surface area contributed by atoms with E-state index in [2.05, 4.69) is 19.2 Å². The summed E-state index contributed by atoms with van der Waals surface area (Å²) in [6, 6.07) is 0. The Hall–Kier alpha value is -0.0400. The molecule has 1 heteroatoms. The molecular formula is C9H19N. The van der Waals surface area contributed by atoms with E-state index in [0.29, 0.717) is 0 Å². The fourth-order valence-corrected chi connectivity index (χ4v) is 1.53. The average molecular weight is 141 g/mol. The van der Waals surface area contributed by atoms with Gasteiger partial charge >= 0.3 is 0 Å².